The zero-order valence-electron chi connectivity index (χ0n) is 9.85. The number of hydrogen-bond acceptors (Lipinski definition) is 5. The van der Waals surface area contributed by atoms with Gasteiger partial charge in [0.1, 0.15) is 5.75 Å². The number of rotatable bonds is 4. The van der Waals surface area contributed by atoms with Gasteiger partial charge in [0.25, 0.3) is 0 Å². The van der Waals surface area contributed by atoms with Gasteiger partial charge in [0.2, 0.25) is 5.95 Å². The van der Waals surface area contributed by atoms with Gasteiger partial charge in [0.15, 0.2) is 0 Å². The molecule has 0 saturated heterocycles. The molecule has 0 saturated carbocycles. The maximum absolute atomic E-state index is 6.12. The molecule has 0 fully saturated rings. The van der Waals surface area contributed by atoms with Crippen LogP contribution in [-0.2, 0) is 6.54 Å². The van der Waals surface area contributed by atoms with E-state index in [0.717, 1.165) is 11.3 Å². The predicted octanol–water partition coefficient (Wildman–Crippen LogP) is 2.33. The monoisotopic (exact) mass is 264 g/mol. The van der Waals surface area contributed by atoms with Gasteiger partial charge < -0.3 is 15.8 Å². The van der Waals surface area contributed by atoms with Crippen molar-refractivity contribution in [2.24, 2.45) is 0 Å². The van der Waals surface area contributed by atoms with Crippen molar-refractivity contribution in [1.82, 2.24) is 9.97 Å². The first kappa shape index (κ1) is 12.4. The molecular weight excluding hydrogens is 252 g/mol. The van der Waals surface area contributed by atoms with Gasteiger partial charge in [-0.3, -0.25) is 0 Å². The second kappa shape index (κ2) is 5.55. The Morgan fingerprint density at radius 3 is 2.72 bits per heavy atom. The Balaban J connectivity index is 2.12. The Morgan fingerprint density at radius 1 is 1.33 bits per heavy atom. The van der Waals surface area contributed by atoms with Crippen LogP contribution in [0.1, 0.15) is 5.56 Å². The maximum Gasteiger partial charge on any atom is 0.222 e. The summed E-state index contributed by atoms with van der Waals surface area (Å²) >= 11 is 6.12. The van der Waals surface area contributed by atoms with Crippen molar-refractivity contribution in [3.63, 3.8) is 0 Å². The fourth-order valence-corrected chi connectivity index (χ4v) is 1.73. The van der Waals surface area contributed by atoms with E-state index in [-0.39, 0.29) is 0 Å². The molecule has 0 aliphatic carbocycles. The van der Waals surface area contributed by atoms with Crippen molar-refractivity contribution in [2.75, 3.05) is 18.2 Å². The Kier molecular flexibility index (Phi) is 3.84. The van der Waals surface area contributed by atoms with Crippen LogP contribution in [0.15, 0.2) is 30.6 Å². The first-order valence-corrected chi connectivity index (χ1v) is 5.71. The fraction of sp³-hybridized carbons (Fsp3) is 0.167. The van der Waals surface area contributed by atoms with Crippen LogP contribution in [0.3, 0.4) is 0 Å². The normalized spacial score (nSPS) is 10.1. The lowest BCUT2D eigenvalue weighted by Gasteiger charge is -2.11. The number of nitrogen functional groups attached to an aromatic ring is 1. The highest BCUT2D eigenvalue weighted by Gasteiger charge is 2.07. The van der Waals surface area contributed by atoms with E-state index < -0.39 is 0 Å². The number of nitrogens with two attached hydrogens (primary N) is 1. The van der Waals surface area contributed by atoms with E-state index in [1.165, 1.54) is 0 Å². The zero-order valence-corrected chi connectivity index (χ0v) is 10.6. The van der Waals surface area contributed by atoms with Crippen LogP contribution in [0, 0.1) is 0 Å². The molecule has 6 heteroatoms. The second-order valence-electron chi connectivity index (χ2n) is 3.61. The average Bonchev–Trinajstić information content (AvgIpc) is 2.39. The van der Waals surface area contributed by atoms with E-state index in [1.54, 1.807) is 19.5 Å². The molecule has 1 aromatic carbocycles. The molecule has 0 spiro atoms. The highest BCUT2D eigenvalue weighted by atomic mass is 35.5. The molecule has 94 valence electrons. The molecule has 18 heavy (non-hydrogen) atoms. The summed E-state index contributed by atoms with van der Waals surface area (Å²) in [6.07, 6.45) is 3.08. The Bertz CT molecular complexity index is 530. The number of nitrogens with one attached hydrogen (secondary N) is 1. The number of aromatic nitrogens is 2. The number of nitrogens with zero attached hydrogens (tertiary/aromatic N) is 2. The molecule has 5 nitrogen and oxygen atoms in total. The van der Waals surface area contributed by atoms with Gasteiger partial charge in [-0.25, -0.2) is 9.97 Å². The van der Waals surface area contributed by atoms with E-state index in [2.05, 4.69) is 15.3 Å². The summed E-state index contributed by atoms with van der Waals surface area (Å²) in [5.41, 5.74) is 6.90. The summed E-state index contributed by atoms with van der Waals surface area (Å²) in [4.78, 5) is 8.09. The summed E-state index contributed by atoms with van der Waals surface area (Å²) in [6, 6.07) is 5.50. The molecule has 0 radical (unpaired) electrons. The third-order valence-electron chi connectivity index (χ3n) is 2.39. The van der Waals surface area contributed by atoms with Gasteiger partial charge in [0.05, 0.1) is 25.2 Å². The Labute approximate surface area is 110 Å². The number of benzene rings is 1. The third kappa shape index (κ3) is 2.81. The lowest BCUT2D eigenvalue weighted by molar-refractivity contribution is 0.410. The summed E-state index contributed by atoms with van der Waals surface area (Å²) in [6.45, 7) is 0.479. The van der Waals surface area contributed by atoms with Crippen LogP contribution in [0.2, 0.25) is 5.02 Å². The van der Waals surface area contributed by atoms with Crippen molar-refractivity contribution < 1.29 is 4.74 Å². The molecule has 0 atom stereocenters. The SMILES string of the molecule is COc1cccc(Cl)c1CNc1ncc(N)cn1. The van der Waals surface area contributed by atoms with Crippen molar-refractivity contribution in [3.05, 3.63) is 41.2 Å². The standard InChI is InChI=1S/C12H13ClN4O/c1-18-11-4-2-3-10(13)9(11)7-17-12-15-5-8(14)6-16-12/h2-6H,7,14H2,1H3,(H,15,16,17). The van der Waals surface area contributed by atoms with Crippen molar-refractivity contribution >= 4 is 23.2 Å². The topological polar surface area (TPSA) is 73.1 Å². The van der Waals surface area contributed by atoms with Crippen LogP contribution in [0.4, 0.5) is 11.6 Å². The first-order valence-electron chi connectivity index (χ1n) is 5.33. The highest BCUT2D eigenvalue weighted by molar-refractivity contribution is 6.31. The summed E-state index contributed by atoms with van der Waals surface area (Å²) in [5.74, 6) is 1.22. The van der Waals surface area contributed by atoms with Gasteiger partial charge in [-0.1, -0.05) is 17.7 Å². The van der Waals surface area contributed by atoms with Crippen LogP contribution in [0.5, 0.6) is 5.75 Å². The molecule has 0 unspecified atom stereocenters. The second-order valence-corrected chi connectivity index (χ2v) is 4.02. The van der Waals surface area contributed by atoms with Gasteiger partial charge in [0, 0.05) is 17.1 Å². The number of hydrogen-bond donors (Lipinski definition) is 2. The highest BCUT2D eigenvalue weighted by Crippen LogP contribution is 2.26. The molecule has 1 aromatic heterocycles. The number of anilines is 2. The van der Waals surface area contributed by atoms with E-state index >= 15 is 0 Å². The van der Waals surface area contributed by atoms with Gasteiger partial charge in [-0.2, -0.15) is 0 Å². The van der Waals surface area contributed by atoms with E-state index in [4.69, 9.17) is 22.1 Å². The molecule has 0 amide bonds. The van der Waals surface area contributed by atoms with Crippen LogP contribution < -0.4 is 15.8 Å². The predicted molar refractivity (Wildman–Crippen MR) is 71.8 cm³/mol. The Morgan fingerprint density at radius 2 is 2.06 bits per heavy atom. The molecular formula is C12H13ClN4O. The summed E-state index contributed by atoms with van der Waals surface area (Å²) in [7, 11) is 1.61. The van der Waals surface area contributed by atoms with E-state index in [9.17, 15) is 0 Å². The lowest BCUT2D eigenvalue weighted by atomic mass is 10.2. The molecule has 3 N–H and O–H groups in total. The fourth-order valence-electron chi connectivity index (χ4n) is 1.50. The zero-order chi connectivity index (χ0) is 13.0. The van der Waals surface area contributed by atoms with Crippen LogP contribution in [0.25, 0.3) is 0 Å². The van der Waals surface area contributed by atoms with Crippen LogP contribution >= 0.6 is 11.6 Å². The molecule has 0 bridgehead atoms. The van der Waals surface area contributed by atoms with Crippen molar-refractivity contribution in [3.8, 4) is 5.75 Å². The molecule has 2 rings (SSSR count). The minimum atomic E-state index is 0.479. The molecule has 1 heterocycles. The van der Waals surface area contributed by atoms with Gasteiger partial charge in [-0.05, 0) is 12.1 Å². The van der Waals surface area contributed by atoms with Gasteiger partial charge >= 0.3 is 0 Å². The molecule has 2 aromatic rings. The Hall–Kier alpha value is -2.01. The summed E-state index contributed by atoms with van der Waals surface area (Å²) in [5, 5.41) is 3.70. The molecule has 0 aliphatic heterocycles. The molecule has 0 aliphatic rings. The quantitative estimate of drug-likeness (QED) is 0.887. The van der Waals surface area contributed by atoms with Crippen molar-refractivity contribution in [2.45, 2.75) is 6.54 Å². The minimum Gasteiger partial charge on any atom is -0.496 e. The minimum absolute atomic E-state index is 0.479. The average molecular weight is 265 g/mol. The van der Waals surface area contributed by atoms with Crippen LogP contribution in [-0.4, -0.2) is 17.1 Å². The van der Waals surface area contributed by atoms with E-state index in [1.807, 2.05) is 18.2 Å². The number of methoxy groups -OCH3 is 1. The van der Waals surface area contributed by atoms with Gasteiger partial charge in [-0.15, -0.1) is 0 Å². The largest absolute Gasteiger partial charge is 0.496 e. The lowest BCUT2D eigenvalue weighted by Crippen LogP contribution is -2.05. The smallest absolute Gasteiger partial charge is 0.222 e. The number of ether oxygens (including phenoxy) is 1. The third-order valence-corrected chi connectivity index (χ3v) is 2.74. The maximum atomic E-state index is 6.12. The van der Waals surface area contributed by atoms with Crippen molar-refractivity contribution in [1.29, 1.82) is 0 Å². The first-order chi connectivity index (χ1) is 8.70. The van der Waals surface area contributed by atoms with E-state index in [0.29, 0.717) is 23.2 Å². The number of halogens is 1. The summed E-state index contributed by atoms with van der Waals surface area (Å²) < 4.78 is 5.25.